The first-order chi connectivity index (χ1) is 9.40. The van der Waals surface area contributed by atoms with E-state index in [1.165, 1.54) is 11.3 Å². The largest absolute Gasteiger partial charge is 0.478 e. The molecule has 1 unspecified atom stereocenters. The van der Waals surface area contributed by atoms with Crippen molar-refractivity contribution in [2.75, 3.05) is 5.32 Å². The average molecular weight is 330 g/mol. The normalized spacial score (nSPS) is 12.2. The Morgan fingerprint density at radius 3 is 2.65 bits per heavy atom. The number of hydrogen-bond donors (Lipinski definition) is 2. The molecule has 0 fully saturated rings. The highest BCUT2D eigenvalue weighted by molar-refractivity contribution is 7.20. The molecule has 1 aromatic heterocycles. The highest BCUT2D eigenvalue weighted by atomic mass is 35.5. The van der Waals surface area contributed by atoms with E-state index in [-0.39, 0.29) is 11.6 Å². The van der Waals surface area contributed by atoms with Gasteiger partial charge >= 0.3 is 5.97 Å². The van der Waals surface area contributed by atoms with Crippen molar-refractivity contribution in [2.45, 2.75) is 19.9 Å². The quantitative estimate of drug-likeness (QED) is 0.806. The van der Waals surface area contributed by atoms with Gasteiger partial charge in [-0.15, -0.1) is 11.3 Å². The number of rotatable bonds is 4. The molecular weight excluding hydrogens is 317 g/mol. The highest BCUT2D eigenvalue weighted by Gasteiger charge is 2.16. The lowest BCUT2D eigenvalue weighted by Crippen LogP contribution is -2.09. The molecule has 1 atom stereocenters. The van der Waals surface area contributed by atoms with Crippen molar-refractivity contribution in [2.24, 2.45) is 0 Å². The van der Waals surface area contributed by atoms with Crippen molar-refractivity contribution in [3.63, 3.8) is 0 Å². The summed E-state index contributed by atoms with van der Waals surface area (Å²) in [5.41, 5.74) is 2.67. The molecular formula is C14H13Cl2NO2S. The molecule has 0 spiro atoms. The molecule has 2 rings (SSSR count). The van der Waals surface area contributed by atoms with E-state index < -0.39 is 5.97 Å². The maximum absolute atomic E-state index is 11.1. The van der Waals surface area contributed by atoms with Crippen molar-refractivity contribution in [1.82, 2.24) is 0 Å². The Kier molecular flexibility index (Phi) is 4.58. The molecule has 106 valence electrons. The molecule has 20 heavy (non-hydrogen) atoms. The molecule has 0 radical (unpaired) electrons. The van der Waals surface area contributed by atoms with E-state index >= 15 is 0 Å². The van der Waals surface area contributed by atoms with Crippen molar-refractivity contribution < 1.29 is 9.90 Å². The summed E-state index contributed by atoms with van der Waals surface area (Å²) in [6, 6.07) is 6.91. The number of anilines is 1. The molecule has 1 aromatic carbocycles. The number of carbonyl (C=O) groups is 1. The van der Waals surface area contributed by atoms with Crippen molar-refractivity contribution in [3.8, 4) is 0 Å². The molecule has 0 aliphatic rings. The monoisotopic (exact) mass is 329 g/mol. The highest BCUT2D eigenvalue weighted by Crippen LogP contribution is 2.36. The number of carboxylic acids is 1. The Balaban J connectivity index is 2.28. The lowest BCUT2D eigenvalue weighted by atomic mass is 10.1. The first-order valence-corrected chi connectivity index (χ1v) is 7.51. The Bertz CT molecular complexity index is 655. The molecule has 2 N–H and O–H groups in total. The molecule has 0 saturated heterocycles. The van der Waals surface area contributed by atoms with Gasteiger partial charge in [0, 0.05) is 11.3 Å². The number of hydrogen-bond acceptors (Lipinski definition) is 3. The summed E-state index contributed by atoms with van der Waals surface area (Å²) in [7, 11) is 0. The van der Waals surface area contributed by atoms with E-state index in [1.54, 1.807) is 19.1 Å². The Morgan fingerprint density at radius 1 is 1.40 bits per heavy atom. The van der Waals surface area contributed by atoms with Gasteiger partial charge in [-0.2, -0.15) is 0 Å². The standard InChI is InChI=1S/C14H13Cl2NO2S/c1-7-9(14(18)19)4-3-5-11(7)17-8(2)10-6-12(15)20-13(10)16/h3-6,8,17H,1-2H3,(H,18,19). The lowest BCUT2D eigenvalue weighted by molar-refractivity contribution is 0.0696. The van der Waals surface area contributed by atoms with Gasteiger partial charge in [0.1, 0.15) is 0 Å². The van der Waals surface area contributed by atoms with Gasteiger partial charge in [-0.25, -0.2) is 4.79 Å². The molecule has 1 heterocycles. The van der Waals surface area contributed by atoms with E-state index in [4.69, 9.17) is 28.3 Å². The first kappa shape index (κ1) is 15.2. The number of benzene rings is 1. The zero-order valence-electron chi connectivity index (χ0n) is 10.9. The van der Waals surface area contributed by atoms with Gasteiger partial charge < -0.3 is 10.4 Å². The zero-order valence-corrected chi connectivity index (χ0v) is 13.2. The molecule has 0 amide bonds. The Hall–Kier alpha value is -1.23. The number of aromatic carboxylic acids is 1. The smallest absolute Gasteiger partial charge is 0.336 e. The van der Waals surface area contributed by atoms with Gasteiger partial charge in [0.2, 0.25) is 0 Å². The fourth-order valence-electron chi connectivity index (χ4n) is 1.98. The van der Waals surface area contributed by atoms with Crippen LogP contribution in [0.4, 0.5) is 5.69 Å². The van der Waals surface area contributed by atoms with Crippen LogP contribution in [0.1, 0.15) is 34.5 Å². The number of nitrogens with one attached hydrogen (secondary N) is 1. The molecule has 2 aromatic rings. The van der Waals surface area contributed by atoms with Crippen molar-refractivity contribution in [3.05, 3.63) is 49.6 Å². The third kappa shape index (κ3) is 3.08. The number of carboxylic acid groups (broad SMARTS) is 1. The second kappa shape index (κ2) is 6.04. The van der Waals surface area contributed by atoms with Crippen LogP contribution in [0, 0.1) is 6.92 Å². The first-order valence-electron chi connectivity index (χ1n) is 5.94. The van der Waals surface area contributed by atoms with E-state index in [9.17, 15) is 4.79 Å². The summed E-state index contributed by atoms with van der Waals surface area (Å²) in [4.78, 5) is 11.1. The van der Waals surface area contributed by atoms with Crippen LogP contribution in [-0.2, 0) is 0 Å². The van der Waals surface area contributed by atoms with Crippen LogP contribution in [0.15, 0.2) is 24.3 Å². The summed E-state index contributed by atoms with van der Waals surface area (Å²) < 4.78 is 1.27. The van der Waals surface area contributed by atoms with E-state index in [2.05, 4.69) is 5.32 Å². The minimum Gasteiger partial charge on any atom is -0.478 e. The van der Waals surface area contributed by atoms with Crippen LogP contribution in [0.2, 0.25) is 8.67 Å². The fourth-order valence-corrected chi connectivity index (χ4v) is 3.63. The number of thiophene rings is 1. The van der Waals surface area contributed by atoms with Gasteiger partial charge in [-0.1, -0.05) is 29.3 Å². The maximum atomic E-state index is 11.1. The van der Waals surface area contributed by atoms with E-state index in [0.29, 0.717) is 14.2 Å². The van der Waals surface area contributed by atoms with Gasteiger partial charge in [0.25, 0.3) is 0 Å². The Labute approximate surface area is 131 Å². The lowest BCUT2D eigenvalue weighted by Gasteiger charge is -2.17. The van der Waals surface area contributed by atoms with Crippen LogP contribution in [0.25, 0.3) is 0 Å². The fraction of sp³-hybridized carbons (Fsp3) is 0.214. The summed E-state index contributed by atoms with van der Waals surface area (Å²) in [5, 5.41) is 12.4. The van der Waals surface area contributed by atoms with Gasteiger partial charge in [0.05, 0.1) is 20.3 Å². The molecule has 0 aliphatic heterocycles. The third-order valence-electron chi connectivity index (χ3n) is 3.09. The minimum atomic E-state index is -0.935. The van der Waals surface area contributed by atoms with Crippen molar-refractivity contribution >= 4 is 46.2 Å². The average Bonchev–Trinajstić information content (AvgIpc) is 2.70. The van der Waals surface area contributed by atoms with Crippen LogP contribution in [-0.4, -0.2) is 11.1 Å². The molecule has 0 saturated carbocycles. The predicted molar refractivity (Wildman–Crippen MR) is 84.5 cm³/mol. The molecule has 0 bridgehead atoms. The zero-order chi connectivity index (χ0) is 14.9. The second-order valence-corrected chi connectivity index (χ2v) is 6.71. The van der Waals surface area contributed by atoms with Crippen LogP contribution in [0.3, 0.4) is 0 Å². The van der Waals surface area contributed by atoms with Crippen LogP contribution >= 0.6 is 34.5 Å². The van der Waals surface area contributed by atoms with Gasteiger partial charge in [0.15, 0.2) is 0 Å². The maximum Gasteiger partial charge on any atom is 0.336 e. The topological polar surface area (TPSA) is 49.3 Å². The predicted octanol–water partition coefficient (Wildman–Crippen LogP) is 5.23. The van der Waals surface area contributed by atoms with Crippen molar-refractivity contribution in [1.29, 1.82) is 0 Å². The Morgan fingerprint density at radius 2 is 2.10 bits per heavy atom. The SMILES string of the molecule is Cc1c(NC(C)c2cc(Cl)sc2Cl)cccc1C(=O)O. The molecule has 3 nitrogen and oxygen atoms in total. The van der Waals surface area contributed by atoms with E-state index in [1.807, 2.05) is 19.1 Å². The number of halogens is 2. The molecule has 0 aliphatic carbocycles. The van der Waals surface area contributed by atoms with Gasteiger partial charge in [-0.05, 0) is 37.6 Å². The summed E-state index contributed by atoms with van der Waals surface area (Å²) >= 11 is 13.4. The van der Waals surface area contributed by atoms with Crippen LogP contribution < -0.4 is 5.32 Å². The van der Waals surface area contributed by atoms with Gasteiger partial charge in [-0.3, -0.25) is 0 Å². The summed E-state index contributed by atoms with van der Waals surface area (Å²) in [6.45, 7) is 3.73. The second-order valence-electron chi connectivity index (χ2n) is 4.43. The van der Waals surface area contributed by atoms with Crippen LogP contribution in [0.5, 0.6) is 0 Å². The molecule has 6 heteroatoms. The summed E-state index contributed by atoms with van der Waals surface area (Å²) in [6.07, 6.45) is 0. The minimum absolute atomic E-state index is 0.0611. The van der Waals surface area contributed by atoms with E-state index in [0.717, 1.165) is 11.3 Å². The summed E-state index contributed by atoms with van der Waals surface area (Å²) in [5.74, 6) is -0.935. The third-order valence-corrected chi connectivity index (χ3v) is 4.60.